The van der Waals surface area contributed by atoms with E-state index in [1.165, 1.54) is 172 Å². The summed E-state index contributed by atoms with van der Waals surface area (Å²) >= 11 is 0. The molecule has 8 aromatic carbocycles. The van der Waals surface area contributed by atoms with Crippen LogP contribution in [0.4, 0.5) is 45.5 Å². The fourth-order valence-electron chi connectivity index (χ4n) is 17.3. The molecule has 0 unspecified atom stereocenters. The maximum atomic E-state index is 2.74. The molecule has 2 aliphatic heterocycles. The van der Waals surface area contributed by atoms with E-state index < -0.39 is 0 Å². The highest BCUT2D eigenvalue weighted by Gasteiger charge is 2.50. The fourth-order valence-corrected chi connectivity index (χ4v) is 17.3. The van der Waals surface area contributed by atoms with E-state index in [0.29, 0.717) is 0 Å². The summed E-state index contributed by atoms with van der Waals surface area (Å²) in [6, 6.07) is 56.5. The van der Waals surface area contributed by atoms with Crippen molar-refractivity contribution in [2.24, 2.45) is 0 Å². The third-order valence-electron chi connectivity index (χ3n) is 21.3. The van der Waals surface area contributed by atoms with E-state index in [0.717, 1.165) is 19.4 Å². The summed E-state index contributed by atoms with van der Waals surface area (Å²) in [4.78, 5) is 8.14. The molecule has 6 aliphatic rings. The van der Waals surface area contributed by atoms with Gasteiger partial charge in [0.15, 0.2) is 0 Å². The maximum Gasteiger partial charge on any atom is 0.252 e. The van der Waals surface area contributed by atoms with E-state index in [2.05, 4.69) is 258 Å². The molecule has 4 aliphatic carbocycles. The molecule has 1 fully saturated rings. The predicted molar refractivity (Wildman–Crippen MR) is 348 cm³/mol. The van der Waals surface area contributed by atoms with Crippen molar-refractivity contribution < 1.29 is 0 Å². The largest absolute Gasteiger partial charge is 0.341 e. The highest BCUT2D eigenvalue weighted by molar-refractivity contribution is 7.00. The van der Waals surface area contributed by atoms with E-state index in [1.54, 1.807) is 0 Å². The lowest BCUT2D eigenvalue weighted by Crippen LogP contribution is -2.62. The molecular formula is C77H84BN3. The average Bonchev–Trinajstić information content (AvgIpc) is 4.10. The SMILES string of the molecule is CCN(c1ccc2c(c1)N(c1cccc3c1-c1ccccc1C3)c1cc(C)cc3c1B2c1cc2c(cc1N3c1cc3c(cc1C)C(C)(C)CC3(C)C)C(C)(C)c1ccccc1C2(C)C)c1ccc(C(C)(C)C)cc1C1(C)CCCCC1. The van der Waals surface area contributed by atoms with Gasteiger partial charge in [-0.1, -0.05) is 193 Å². The molecule has 0 saturated heterocycles. The van der Waals surface area contributed by atoms with Crippen molar-refractivity contribution >= 4 is 68.6 Å². The van der Waals surface area contributed by atoms with Crippen LogP contribution >= 0.6 is 0 Å². The second-order valence-corrected chi connectivity index (χ2v) is 29.4. The van der Waals surface area contributed by atoms with Gasteiger partial charge in [0.25, 0.3) is 6.71 Å². The molecule has 410 valence electrons. The Morgan fingerprint density at radius 2 is 1.11 bits per heavy atom. The zero-order valence-corrected chi connectivity index (χ0v) is 51.4. The quantitative estimate of drug-likeness (QED) is 0.154. The molecule has 3 nitrogen and oxygen atoms in total. The summed E-state index contributed by atoms with van der Waals surface area (Å²) in [6.07, 6.45) is 8.42. The predicted octanol–water partition coefficient (Wildman–Crippen LogP) is 18.6. The van der Waals surface area contributed by atoms with Crippen molar-refractivity contribution in [3.63, 3.8) is 0 Å². The number of nitrogens with zero attached hydrogens (tertiary/aromatic N) is 3. The van der Waals surface area contributed by atoms with Gasteiger partial charge in [-0.3, -0.25) is 0 Å². The second kappa shape index (κ2) is 17.6. The van der Waals surface area contributed by atoms with Crippen LogP contribution in [0, 0.1) is 13.8 Å². The Labute approximate surface area is 485 Å². The first-order valence-electron chi connectivity index (χ1n) is 30.9. The number of anilines is 8. The minimum atomic E-state index is -0.223. The Morgan fingerprint density at radius 3 is 1.79 bits per heavy atom. The normalized spacial score (nSPS) is 18.7. The molecule has 0 spiro atoms. The number of fused-ring (bicyclic) bond motifs is 10. The lowest BCUT2D eigenvalue weighted by molar-refractivity contribution is 0.319. The first kappa shape index (κ1) is 52.3. The summed E-state index contributed by atoms with van der Waals surface area (Å²) in [7, 11) is 0. The Morgan fingerprint density at radius 1 is 0.506 bits per heavy atom. The molecule has 81 heavy (non-hydrogen) atoms. The number of rotatable bonds is 6. The van der Waals surface area contributed by atoms with Gasteiger partial charge < -0.3 is 14.7 Å². The maximum absolute atomic E-state index is 2.74. The van der Waals surface area contributed by atoms with Gasteiger partial charge in [0.2, 0.25) is 0 Å². The van der Waals surface area contributed by atoms with Crippen molar-refractivity contribution in [3.05, 3.63) is 206 Å². The number of benzene rings is 8. The first-order chi connectivity index (χ1) is 38.4. The highest BCUT2D eigenvalue weighted by Crippen LogP contribution is 2.57. The van der Waals surface area contributed by atoms with Gasteiger partial charge in [-0.2, -0.15) is 0 Å². The first-order valence-corrected chi connectivity index (χ1v) is 30.9. The van der Waals surface area contributed by atoms with Gasteiger partial charge in [-0.05, 0) is 205 Å². The minimum absolute atomic E-state index is 0.0319. The van der Waals surface area contributed by atoms with E-state index in [1.807, 2.05) is 0 Å². The molecule has 0 radical (unpaired) electrons. The van der Waals surface area contributed by atoms with Crippen LogP contribution in [0.1, 0.15) is 195 Å². The zero-order valence-electron chi connectivity index (χ0n) is 51.4. The number of hydrogen-bond donors (Lipinski definition) is 0. The van der Waals surface area contributed by atoms with Crippen molar-refractivity contribution in [1.29, 1.82) is 0 Å². The molecule has 0 bridgehead atoms. The van der Waals surface area contributed by atoms with Crippen LogP contribution in [-0.2, 0) is 38.9 Å². The van der Waals surface area contributed by atoms with Crippen LogP contribution in [-0.4, -0.2) is 13.3 Å². The summed E-state index contributed by atoms with van der Waals surface area (Å²) < 4.78 is 0. The van der Waals surface area contributed by atoms with Crippen molar-refractivity contribution in [1.82, 2.24) is 0 Å². The molecule has 2 heterocycles. The monoisotopic (exact) mass is 1060 g/mol. The van der Waals surface area contributed by atoms with E-state index in [4.69, 9.17) is 0 Å². The van der Waals surface area contributed by atoms with Crippen LogP contribution in [0.15, 0.2) is 140 Å². The Balaban J connectivity index is 1.08. The summed E-state index contributed by atoms with van der Waals surface area (Å²) in [6.45, 7) is 37.4. The fraction of sp³-hybridized carbons (Fsp3) is 0.377. The van der Waals surface area contributed by atoms with Crippen LogP contribution < -0.4 is 31.1 Å². The van der Waals surface area contributed by atoms with Crippen LogP contribution in [0.25, 0.3) is 11.1 Å². The van der Waals surface area contributed by atoms with Gasteiger partial charge in [0, 0.05) is 62.7 Å². The standard InChI is InChI=1S/C77H84BN3/c1-16-79(63-34-31-51(72(4,5)6)41-60(63)77(15)35-22-17-23-36-77)52-32-33-61-66(42-52)80(64-30-24-26-50-40-49-25-18-19-27-53(49)70(50)64)68-37-47(2)38-69-71(68)78(61)62-43-58-59(76(13,14)55-29-21-20-28-54(55)75(58,11)12)45-67(62)81(69)65-44-57-56(39-48(65)3)73(7,8)46-74(57,9)10/h18-21,24-34,37-39,41-45H,16-17,22-23,35-36,40,46H2,1-15H3. The van der Waals surface area contributed by atoms with Crippen molar-refractivity contribution in [2.75, 3.05) is 21.2 Å². The molecular weight excluding hydrogens is 978 g/mol. The molecule has 14 rings (SSSR count). The van der Waals surface area contributed by atoms with Crippen LogP contribution in [0.2, 0.25) is 0 Å². The molecule has 0 atom stereocenters. The van der Waals surface area contributed by atoms with Crippen LogP contribution in [0.3, 0.4) is 0 Å². The molecule has 0 N–H and O–H groups in total. The van der Waals surface area contributed by atoms with Gasteiger partial charge in [0.1, 0.15) is 0 Å². The topological polar surface area (TPSA) is 9.72 Å². The molecule has 4 heteroatoms. The molecule has 8 aromatic rings. The third kappa shape index (κ3) is 7.59. The second-order valence-electron chi connectivity index (χ2n) is 29.4. The van der Waals surface area contributed by atoms with Gasteiger partial charge in [-0.25, -0.2) is 0 Å². The summed E-state index contributed by atoms with van der Waals surface area (Å²) in [5.41, 5.74) is 34.1. The van der Waals surface area contributed by atoms with Crippen molar-refractivity contribution in [2.45, 2.75) is 181 Å². The molecule has 0 amide bonds. The Kier molecular flexibility index (Phi) is 11.4. The average molecular weight is 1060 g/mol. The molecule has 1 saturated carbocycles. The highest BCUT2D eigenvalue weighted by atomic mass is 15.2. The number of hydrogen-bond acceptors (Lipinski definition) is 3. The van der Waals surface area contributed by atoms with E-state index >= 15 is 0 Å². The summed E-state index contributed by atoms with van der Waals surface area (Å²) in [5.74, 6) is 0. The minimum Gasteiger partial charge on any atom is -0.341 e. The van der Waals surface area contributed by atoms with Crippen LogP contribution in [0.5, 0.6) is 0 Å². The Bertz CT molecular complexity index is 3960. The smallest absolute Gasteiger partial charge is 0.252 e. The number of aryl methyl sites for hydroxylation is 2. The summed E-state index contributed by atoms with van der Waals surface area (Å²) in [5, 5.41) is 0. The van der Waals surface area contributed by atoms with Gasteiger partial charge >= 0.3 is 0 Å². The lowest BCUT2D eigenvalue weighted by Gasteiger charge is -2.48. The van der Waals surface area contributed by atoms with E-state index in [9.17, 15) is 0 Å². The zero-order chi connectivity index (χ0) is 56.7. The Hall–Kier alpha value is -6.78. The lowest BCUT2D eigenvalue weighted by atomic mass is 9.33. The third-order valence-corrected chi connectivity index (χ3v) is 21.3. The molecule has 0 aromatic heterocycles. The van der Waals surface area contributed by atoms with Gasteiger partial charge in [0.05, 0.1) is 5.69 Å². The van der Waals surface area contributed by atoms with E-state index in [-0.39, 0.29) is 39.2 Å². The van der Waals surface area contributed by atoms with Gasteiger partial charge in [-0.15, -0.1) is 0 Å². The van der Waals surface area contributed by atoms with Crippen molar-refractivity contribution in [3.8, 4) is 11.1 Å².